The third-order valence-corrected chi connectivity index (χ3v) is 4.37. The van der Waals surface area contributed by atoms with E-state index in [2.05, 4.69) is 26.1 Å². The molecule has 1 fully saturated rings. The lowest BCUT2D eigenvalue weighted by molar-refractivity contribution is 0.205. The van der Waals surface area contributed by atoms with Crippen LogP contribution in [-0.4, -0.2) is 19.1 Å². The topological polar surface area (TPSA) is 38.0 Å². The molecule has 2 atom stereocenters. The van der Waals surface area contributed by atoms with Crippen molar-refractivity contribution in [1.82, 2.24) is 5.32 Å². The molecule has 96 valence electrons. The van der Waals surface area contributed by atoms with Crippen LogP contribution in [0.25, 0.3) is 0 Å². The minimum absolute atomic E-state index is 0.317. The normalized spacial score (nSPS) is 24.0. The molecule has 2 unspecified atom stereocenters. The SMILES string of the molecule is CCC(C)C(N)CNCC1(C)CCCCC1. The smallest absolute Gasteiger partial charge is 0.0191 e. The number of nitrogens with one attached hydrogen (secondary N) is 1. The van der Waals surface area contributed by atoms with E-state index in [1.54, 1.807) is 0 Å². The first-order chi connectivity index (χ1) is 7.57. The minimum atomic E-state index is 0.317. The van der Waals surface area contributed by atoms with Gasteiger partial charge in [0.1, 0.15) is 0 Å². The maximum Gasteiger partial charge on any atom is 0.0191 e. The maximum absolute atomic E-state index is 6.12. The van der Waals surface area contributed by atoms with E-state index in [9.17, 15) is 0 Å². The Hall–Kier alpha value is -0.0800. The van der Waals surface area contributed by atoms with Crippen molar-refractivity contribution in [1.29, 1.82) is 0 Å². The van der Waals surface area contributed by atoms with Crippen LogP contribution in [0.3, 0.4) is 0 Å². The second-order valence-electron chi connectivity index (χ2n) is 6.05. The van der Waals surface area contributed by atoms with Crippen molar-refractivity contribution in [2.45, 2.75) is 65.3 Å². The summed E-state index contributed by atoms with van der Waals surface area (Å²) in [4.78, 5) is 0. The zero-order valence-electron chi connectivity index (χ0n) is 11.4. The van der Waals surface area contributed by atoms with Crippen LogP contribution >= 0.6 is 0 Å². The molecule has 1 rings (SSSR count). The summed E-state index contributed by atoms with van der Waals surface area (Å²) in [6, 6.07) is 0.317. The van der Waals surface area contributed by atoms with E-state index in [1.165, 1.54) is 38.5 Å². The van der Waals surface area contributed by atoms with Gasteiger partial charge < -0.3 is 11.1 Å². The molecule has 0 aromatic rings. The van der Waals surface area contributed by atoms with Crippen LogP contribution in [0.5, 0.6) is 0 Å². The molecule has 1 aliphatic rings. The molecule has 0 aromatic heterocycles. The molecule has 0 saturated heterocycles. The van der Waals surface area contributed by atoms with E-state index >= 15 is 0 Å². The van der Waals surface area contributed by atoms with Crippen LogP contribution in [0.1, 0.15) is 59.3 Å². The monoisotopic (exact) mass is 226 g/mol. The van der Waals surface area contributed by atoms with Crippen LogP contribution in [0.2, 0.25) is 0 Å². The molecular weight excluding hydrogens is 196 g/mol. The molecule has 16 heavy (non-hydrogen) atoms. The van der Waals surface area contributed by atoms with Crippen LogP contribution in [0.4, 0.5) is 0 Å². The van der Waals surface area contributed by atoms with Gasteiger partial charge in [-0.1, -0.05) is 46.5 Å². The molecule has 2 heteroatoms. The summed E-state index contributed by atoms with van der Waals surface area (Å²) >= 11 is 0. The molecule has 2 nitrogen and oxygen atoms in total. The summed E-state index contributed by atoms with van der Waals surface area (Å²) < 4.78 is 0. The zero-order chi connectivity index (χ0) is 12.0. The van der Waals surface area contributed by atoms with Crippen LogP contribution < -0.4 is 11.1 Å². The first-order valence-corrected chi connectivity index (χ1v) is 7.04. The third kappa shape index (κ3) is 4.42. The van der Waals surface area contributed by atoms with Crippen LogP contribution in [0.15, 0.2) is 0 Å². The van der Waals surface area contributed by atoms with E-state index in [-0.39, 0.29) is 0 Å². The van der Waals surface area contributed by atoms with Gasteiger partial charge in [0.2, 0.25) is 0 Å². The Bertz CT molecular complexity index is 185. The van der Waals surface area contributed by atoms with E-state index in [0.29, 0.717) is 17.4 Å². The fourth-order valence-electron chi connectivity index (χ4n) is 2.63. The predicted octanol–water partition coefficient (Wildman–Crippen LogP) is 2.92. The Balaban J connectivity index is 2.18. The molecule has 0 radical (unpaired) electrons. The first-order valence-electron chi connectivity index (χ1n) is 7.04. The lowest BCUT2D eigenvalue weighted by Gasteiger charge is -2.34. The molecule has 1 aliphatic carbocycles. The van der Waals surface area contributed by atoms with Crippen molar-refractivity contribution in [3.05, 3.63) is 0 Å². The molecule has 0 aliphatic heterocycles. The van der Waals surface area contributed by atoms with Gasteiger partial charge in [0, 0.05) is 19.1 Å². The van der Waals surface area contributed by atoms with Crippen LogP contribution in [0, 0.1) is 11.3 Å². The van der Waals surface area contributed by atoms with Crippen molar-refractivity contribution < 1.29 is 0 Å². The Kier molecular flexibility index (Phi) is 5.77. The highest BCUT2D eigenvalue weighted by atomic mass is 14.9. The van der Waals surface area contributed by atoms with Gasteiger partial charge in [0.15, 0.2) is 0 Å². The molecule has 3 N–H and O–H groups in total. The molecule has 0 amide bonds. The molecule has 0 aromatic carbocycles. The van der Waals surface area contributed by atoms with Gasteiger partial charge in [-0.25, -0.2) is 0 Å². The summed E-state index contributed by atoms with van der Waals surface area (Å²) in [5, 5.41) is 3.59. The summed E-state index contributed by atoms with van der Waals surface area (Å²) in [7, 11) is 0. The lowest BCUT2D eigenvalue weighted by Crippen LogP contribution is -2.42. The average molecular weight is 226 g/mol. The largest absolute Gasteiger partial charge is 0.326 e. The molecule has 0 bridgehead atoms. The average Bonchev–Trinajstić information content (AvgIpc) is 2.28. The standard InChI is InChI=1S/C14H30N2/c1-4-12(2)13(15)10-16-11-14(3)8-6-5-7-9-14/h12-13,16H,4-11,15H2,1-3H3. The van der Waals surface area contributed by atoms with Crippen molar-refractivity contribution in [2.24, 2.45) is 17.1 Å². The van der Waals surface area contributed by atoms with E-state index in [1.807, 2.05) is 0 Å². The van der Waals surface area contributed by atoms with Crippen molar-refractivity contribution in [3.63, 3.8) is 0 Å². The van der Waals surface area contributed by atoms with Gasteiger partial charge in [0.05, 0.1) is 0 Å². The Labute approximate surface area is 101 Å². The number of hydrogen-bond donors (Lipinski definition) is 2. The molecule has 0 spiro atoms. The Morgan fingerprint density at radius 1 is 1.25 bits per heavy atom. The summed E-state index contributed by atoms with van der Waals surface area (Å²) in [5.41, 5.74) is 6.66. The maximum atomic E-state index is 6.12. The van der Waals surface area contributed by atoms with Gasteiger partial charge in [-0.05, 0) is 24.2 Å². The molecule has 0 heterocycles. The van der Waals surface area contributed by atoms with Gasteiger partial charge in [0.25, 0.3) is 0 Å². The second-order valence-corrected chi connectivity index (χ2v) is 6.05. The third-order valence-electron chi connectivity index (χ3n) is 4.37. The highest BCUT2D eigenvalue weighted by Gasteiger charge is 2.26. The number of hydrogen-bond acceptors (Lipinski definition) is 2. The van der Waals surface area contributed by atoms with Gasteiger partial charge in [-0.15, -0.1) is 0 Å². The Morgan fingerprint density at radius 3 is 2.44 bits per heavy atom. The van der Waals surface area contributed by atoms with Crippen LogP contribution in [-0.2, 0) is 0 Å². The Morgan fingerprint density at radius 2 is 1.88 bits per heavy atom. The van der Waals surface area contributed by atoms with E-state index in [4.69, 9.17) is 5.73 Å². The van der Waals surface area contributed by atoms with Gasteiger partial charge in [-0.3, -0.25) is 0 Å². The minimum Gasteiger partial charge on any atom is -0.326 e. The van der Waals surface area contributed by atoms with Crippen molar-refractivity contribution >= 4 is 0 Å². The molecular formula is C14H30N2. The highest BCUT2D eigenvalue weighted by molar-refractivity contribution is 4.81. The summed E-state index contributed by atoms with van der Waals surface area (Å²) in [5.74, 6) is 0.631. The predicted molar refractivity (Wildman–Crippen MR) is 71.5 cm³/mol. The lowest BCUT2D eigenvalue weighted by atomic mass is 9.75. The number of nitrogens with two attached hydrogens (primary N) is 1. The van der Waals surface area contributed by atoms with E-state index in [0.717, 1.165) is 13.1 Å². The van der Waals surface area contributed by atoms with Crippen molar-refractivity contribution in [2.75, 3.05) is 13.1 Å². The van der Waals surface area contributed by atoms with Crippen molar-refractivity contribution in [3.8, 4) is 0 Å². The first kappa shape index (κ1) is 14.0. The van der Waals surface area contributed by atoms with E-state index < -0.39 is 0 Å². The zero-order valence-corrected chi connectivity index (χ0v) is 11.4. The highest BCUT2D eigenvalue weighted by Crippen LogP contribution is 2.34. The summed E-state index contributed by atoms with van der Waals surface area (Å²) in [6.07, 6.45) is 8.21. The fourth-order valence-corrected chi connectivity index (χ4v) is 2.63. The second kappa shape index (κ2) is 6.61. The quantitative estimate of drug-likeness (QED) is 0.731. The van der Waals surface area contributed by atoms with Gasteiger partial charge in [-0.2, -0.15) is 0 Å². The summed E-state index contributed by atoms with van der Waals surface area (Å²) in [6.45, 7) is 9.01. The number of rotatable bonds is 6. The van der Waals surface area contributed by atoms with Gasteiger partial charge >= 0.3 is 0 Å². The fraction of sp³-hybridized carbons (Fsp3) is 1.00. The molecule has 1 saturated carbocycles.